The molecule has 0 fully saturated rings. The lowest BCUT2D eigenvalue weighted by molar-refractivity contribution is -0.142. The maximum Gasteiger partial charge on any atom is 0.329 e. The third kappa shape index (κ3) is 3.12. The molecular weight excluding hydrogens is 158 g/mol. The molecule has 0 aliphatic heterocycles. The summed E-state index contributed by atoms with van der Waals surface area (Å²) in [4.78, 5) is 14.0. The Kier molecular flexibility index (Phi) is 3.22. The number of ether oxygens (including phenoxy) is 1. The molecule has 1 aromatic heterocycles. The maximum atomic E-state index is 10.0. The molecule has 0 unspecified atom stereocenters. The number of aliphatic carboxylic acids is 1. The molecule has 0 radical (unpaired) electrons. The summed E-state index contributed by atoms with van der Waals surface area (Å²) in [5.41, 5.74) is 0.735. The number of rotatable bonds is 4. The predicted octanol–water partition coefficient (Wildman–Crippen LogP) is 0.683. The van der Waals surface area contributed by atoms with Gasteiger partial charge in [-0.3, -0.25) is 4.98 Å². The smallest absolute Gasteiger partial charge is 0.329 e. The van der Waals surface area contributed by atoms with Crippen LogP contribution in [0.25, 0.3) is 0 Å². The van der Waals surface area contributed by atoms with Crippen molar-refractivity contribution in [2.24, 2.45) is 0 Å². The van der Waals surface area contributed by atoms with E-state index in [1.165, 1.54) is 0 Å². The Bertz CT molecular complexity index is 248. The van der Waals surface area contributed by atoms with Crippen LogP contribution in [0.5, 0.6) is 0 Å². The first-order valence-corrected chi connectivity index (χ1v) is 3.48. The fraction of sp³-hybridized carbons (Fsp3) is 0.250. The van der Waals surface area contributed by atoms with Crippen molar-refractivity contribution in [2.45, 2.75) is 6.61 Å². The van der Waals surface area contributed by atoms with E-state index in [4.69, 9.17) is 9.84 Å². The highest BCUT2D eigenvalue weighted by Crippen LogP contribution is 1.94. The van der Waals surface area contributed by atoms with Gasteiger partial charge in [0.05, 0.1) is 12.3 Å². The molecule has 1 rings (SSSR count). The molecule has 4 heteroatoms. The van der Waals surface area contributed by atoms with Crippen molar-refractivity contribution in [3.05, 3.63) is 30.1 Å². The van der Waals surface area contributed by atoms with E-state index in [1.54, 1.807) is 18.3 Å². The fourth-order valence-corrected chi connectivity index (χ4v) is 0.726. The Balaban J connectivity index is 2.29. The van der Waals surface area contributed by atoms with E-state index in [1.807, 2.05) is 6.07 Å². The average Bonchev–Trinajstić information content (AvgIpc) is 2.05. The summed E-state index contributed by atoms with van der Waals surface area (Å²) in [6.07, 6.45) is 1.64. The lowest BCUT2D eigenvalue weighted by Gasteiger charge is -1.98. The summed E-state index contributed by atoms with van der Waals surface area (Å²) < 4.78 is 4.82. The van der Waals surface area contributed by atoms with Crippen LogP contribution in [0.15, 0.2) is 24.4 Å². The summed E-state index contributed by atoms with van der Waals surface area (Å²) in [5, 5.41) is 8.25. The molecule has 0 aliphatic carbocycles. The second-order valence-electron chi connectivity index (χ2n) is 2.21. The molecule has 0 saturated heterocycles. The minimum Gasteiger partial charge on any atom is -0.480 e. The van der Waals surface area contributed by atoms with Gasteiger partial charge in [-0.05, 0) is 12.1 Å². The second-order valence-corrected chi connectivity index (χ2v) is 2.21. The molecule has 0 bridgehead atoms. The molecule has 0 atom stereocenters. The summed E-state index contributed by atoms with van der Waals surface area (Å²) in [6.45, 7) is -0.0380. The van der Waals surface area contributed by atoms with Crippen molar-refractivity contribution in [1.29, 1.82) is 0 Å². The Morgan fingerprint density at radius 2 is 2.42 bits per heavy atom. The number of carbonyl (C=O) groups is 1. The zero-order valence-electron chi connectivity index (χ0n) is 6.43. The Morgan fingerprint density at radius 1 is 1.58 bits per heavy atom. The molecule has 0 amide bonds. The lowest BCUT2D eigenvalue weighted by atomic mass is 10.4. The SMILES string of the molecule is O=C(O)COCc1ccccn1. The van der Waals surface area contributed by atoms with Gasteiger partial charge in [-0.2, -0.15) is 0 Å². The molecule has 0 saturated carbocycles. The quantitative estimate of drug-likeness (QED) is 0.716. The van der Waals surface area contributed by atoms with Crippen molar-refractivity contribution in [3.63, 3.8) is 0 Å². The minimum atomic E-state index is -0.967. The van der Waals surface area contributed by atoms with E-state index in [0.717, 1.165) is 5.69 Å². The van der Waals surface area contributed by atoms with E-state index in [-0.39, 0.29) is 13.2 Å². The van der Waals surface area contributed by atoms with Gasteiger partial charge in [0.1, 0.15) is 6.61 Å². The van der Waals surface area contributed by atoms with Crippen LogP contribution < -0.4 is 0 Å². The first-order valence-electron chi connectivity index (χ1n) is 3.48. The van der Waals surface area contributed by atoms with E-state index in [0.29, 0.717) is 0 Å². The van der Waals surface area contributed by atoms with E-state index in [2.05, 4.69) is 4.98 Å². The van der Waals surface area contributed by atoms with Crippen LogP contribution >= 0.6 is 0 Å². The number of pyridine rings is 1. The molecule has 1 N–H and O–H groups in total. The van der Waals surface area contributed by atoms with E-state index in [9.17, 15) is 4.79 Å². The van der Waals surface area contributed by atoms with Gasteiger partial charge in [0.25, 0.3) is 0 Å². The lowest BCUT2D eigenvalue weighted by Crippen LogP contribution is -2.07. The molecule has 12 heavy (non-hydrogen) atoms. The van der Waals surface area contributed by atoms with Crippen molar-refractivity contribution in [1.82, 2.24) is 4.98 Å². The largest absolute Gasteiger partial charge is 0.480 e. The fourth-order valence-electron chi connectivity index (χ4n) is 0.726. The monoisotopic (exact) mass is 167 g/mol. The van der Waals surface area contributed by atoms with Crippen molar-refractivity contribution in [2.75, 3.05) is 6.61 Å². The van der Waals surface area contributed by atoms with Crippen molar-refractivity contribution >= 4 is 5.97 Å². The van der Waals surface area contributed by atoms with Crippen LogP contribution in [0.3, 0.4) is 0 Å². The van der Waals surface area contributed by atoms with Crippen LogP contribution in [0.4, 0.5) is 0 Å². The van der Waals surface area contributed by atoms with Gasteiger partial charge < -0.3 is 9.84 Å². The van der Waals surface area contributed by atoms with Gasteiger partial charge in [0.15, 0.2) is 0 Å². The molecule has 4 nitrogen and oxygen atoms in total. The van der Waals surface area contributed by atoms with Gasteiger partial charge in [0.2, 0.25) is 0 Å². The first-order chi connectivity index (χ1) is 5.79. The molecule has 0 spiro atoms. The number of carboxylic acids is 1. The number of carboxylic acid groups (broad SMARTS) is 1. The third-order valence-corrected chi connectivity index (χ3v) is 1.20. The first kappa shape index (κ1) is 8.67. The van der Waals surface area contributed by atoms with Crippen LogP contribution in [-0.4, -0.2) is 22.7 Å². The van der Waals surface area contributed by atoms with Crippen LogP contribution in [0, 0.1) is 0 Å². The Hall–Kier alpha value is -1.42. The highest BCUT2D eigenvalue weighted by Gasteiger charge is 1.97. The predicted molar refractivity (Wildman–Crippen MR) is 41.5 cm³/mol. The van der Waals surface area contributed by atoms with Crippen LogP contribution in [0.2, 0.25) is 0 Å². The van der Waals surface area contributed by atoms with Crippen LogP contribution in [0.1, 0.15) is 5.69 Å². The van der Waals surface area contributed by atoms with Gasteiger partial charge in [-0.1, -0.05) is 6.07 Å². The normalized spacial score (nSPS) is 9.67. The molecule has 64 valence electrons. The zero-order chi connectivity index (χ0) is 8.81. The van der Waals surface area contributed by atoms with E-state index < -0.39 is 5.97 Å². The minimum absolute atomic E-state index is 0.243. The third-order valence-electron chi connectivity index (χ3n) is 1.20. The standard InChI is InChI=1S/C8H9NO3/c10-8(11)6-12-5-7-3-1-2-4-9-7/h1-4H,5-6H2,(H,10,11). The van der Waals surface area contributed by atoms with Crippen molar-refractivity contribution in [3.8, 4) is 0 Å². The van der Waals surface area contributed by atoms with Gasteiger partial charge in [-0.15, -0.1) is 0 Å². The zero-order valence-corrected chi connectivity index (χ0v) is 6.43. The second kappa shape index (κ2) is 4.46. The molecule has 0 aliphatic rings. The summed E-state index contributed by atoms with van der Waals surface area (Å²) in [7, 11) is 0. The molecule has 1 heterocycles. The number of hydrogen-bond acceptors (Lipinski definition) is 3. The average molecular weight is 167 g/mol. The molecular formula is C8H9NO3. The molecule has 0 aromatic carbocycles. The Labute approximate surface area is 69.8 Å². The summed E-state index contributed by atoms with van der Waals surface area (Å²) in [5.74, 6) is -0.967. The van der Waals surface area contributed by atoms with Gasteiger partial charge >= 0.3 is 5.97 Å². The number of nitrogens with zero attached hydrogens (tertiary/aromatic N) is 1. The van der Waals surface area contributed by atoms with Crippen LogP contribution in [-0.2, 0) is 16.1 Å². The number of aromatic nitrogens is 1. The molecule has 1 aromatic rings. The maximum absolute atomic E-state index is 10.0. The topological polar surface area (TPSA) is 59.4 Å². The Morgan fingerprint density at radius 3 is 3.00 bits per heavy atom. The highest BCUT2D eigenvalue weighted by atomic mass is 16.5. The van der Waals surface area contributed by atoms with E-state index >= 15 is 0 Å². The van der Waals surface area contributed by atoms with Crippen molar-refractivity contribution < 1.29 is 14.6 Å². The summed E-state index contributed by atoms with van der Waals surface area (Å²) in [6, 6.07) is 5.40. The highest BCUT2D eigenvalue weighted by molar-refractivity contribution is 5.67. The number of hydrogen-bond donors (Lipinski definition) is 1. The van der Waals surface area contributed by atoms with Gasteiger partial charge in [-0.25, -0.2) is 4.79 Å². The summed E-state index contributed by atoms with van der Waals surface area (Å²) >= 11 is 0. The van der Waals surface area contributed by atoms with Gasteiger partial charge in [0, 0.05) is 6.20 Å².